The highest BCUT2D eigenvalue weighted by molar-refractivity contribution is 6.30. The van der Waals surface area contributed by atoms with Gasteiger partial charge in [-0.25, -0.2) is 0 Å². The van der Waals surface area contributed by atoms with Gasteiger partial charge >= 0.3 is 5.97 Å². The van der Waals surface area contributed by atoms with Crippen molar-refractivity contribution in [2.24, 2.45) is 0 Å². The average Bonchev–Trinajstić information content (AvgIpc) is 2.37. The van der Waals surface area contributed by atoms with Gasteiger partial charge in [0.2, 0.25) is 0 Å². The summed E-state index contributed by atoms with van der Waals surface area (Å²) in [5.41, 5.74) is 0.733. The third kappa shape index (κ3) is 6.05. The van der Waals surface area contributed by atoms with E-state index < -0.39 is 11.9 Å². The van der Waals surface area contributed by atoms with Gasteiger partial charge in [-0.3, -0.25) is 4.79 Å². The van der Waals surface area contributed by atoms with Gasteiger partial charge in [-0.2, -0.15) is 0 Å². The second-order valence-electron chi connectivity index (χ2n) is 4.19. The minimum Gasteiger partial charge on any atom is -0.481 e. The maximum atomic E-state index is 11.3. The lowest BCUT2D eigenvalue weighted by Crippen LogP contribution is -2.13. The van der Waals surface area contributed by atoms with Crippen LogP contribution < -0.4 is 0 Å². The van der Waals surface area contributed by atoms with Gasteiger partial charge in [-0.05, 0) is 30.5 Å². The summed E-state index contributed by atoms with van der Waals surface area (Å²) in [5.74, 6) is -1.37. The zero-order valence-electron chi connectivity index (χ0n) is 11.0. The van der Waals surface area contributed by atoms with Crippen molar-refractivity contribution in [3.8, 4) is 0 Å². The van der Waals surface area contributed by atoms with E-state index in [1.807, 2.05) is 0 Å². The van der Waals surface area contributed by atoms with Gasteiger partial charge in [-0.15, -0.1) is 0 Å². The first-order valence-corrected chi connectivity index (χ1v) is 6.58. The smallest absolute Gasteiger partial charge is 0.310 e. The Morgan fingerprint density at radius 1 is 1.37 bits per heavy atom. The van der Waals surface area contributed by atoms with Crippen LogP contribution in [-0.4, -0.2) is 38.0 Å². The van der Waals surface area contributed by atoms with E-state index in [2.05, 4.69) is 0 Å². The zero-order chi connectivity index (χ0) is 14.1. The predicted octanol–water partition coefficient (Wildman–Crippen LogP) is 2.95. The Morgan fingerprint density at radius 3 is 2.79 bits per heavy atom. The first kappa shape index (κ1) is 16.0. The quantitative estimate of drug-likeness (QED) is 0.709. The number of halogens is 1. The molecule has 0 fully saturated rings. The molecule has 106 valence electrons. The number of aliphatic carboxylic acids is 1. The fraction of sp³-hybridized carbons (Fsp3) is 0.500. The molecule has 1 N–H and O–H groups in total. The Labute approximate surface area is 118 Å². The van der Waals surface area contributed by atoms with Crippen LogP contribution in [0.1, 0.15) is 24.3 Å². The van der Waals surface area contributed by atoms with E-state index in [0.717, 1.165) is 5.56 Å². The number of hydrogen-bond acceptors (Lipinski definition) is 3. The molecule has 0 spiro atoms. The fourth-order valence-corrected chi connectivity index (χ4v) is 1.99. The van der Waals surface area contributed by atoms with Gasteiger partial charge in [0.05, 0.1) is 19.1 Å². The average molecular weight is 287 g/mol. The topological polar surface area (TPSA) is 55.8 Å². The Bertz CT molecular complexity index is 395. The van der Waals surface area contributed by atoms with Crippen molar-refractivity contribution in [2.45, 2.75) is 18.8 Å². The molecule has 19 heavy (non-hydrogen) atoms. The summed E-state index contributed by atoms with van der Waals surface area (Å²) in [6.07, 6.45) is 1.22. The maximum Gasteiger partial charge on any atom is 0.310 e. The van der Waals surface area contributed by atoms with Crippen LogP contribution in [0.25, 0.3) is 0 Å². The third-order valence-electron chi connectivity index (χ3n) is 2.76. The molecule has 0 saturated heterocycles. The van der Waals surface area contributed by atoms with Crippen LogP contribution >= 0.6 is 11.6 Å². The molecule has 0 aliphatic carbocycles. The molecule has 0 aliphatic rings. The molecule has 0 amide bonds. The van der Waals surface area contributed by atoms with Crippen LogP contribution in [0.2, 0.25) is 5.02 Å². The minimum atomic E-state index is -0.834. The first-order chi connectivity index (χ1) is 9.15. The van der Waals surface area contributed by atoms with Crippen LogP contribution in [0.5, 0.6) is 0 Å². The molecule has 1 unspecified atom stereocenters. The Balaban J connectivity index is 2.44. The minimum absolute atomic E-state index is 0.530. The largest absolute Gasteiger partial charge is 0.481 e. The highest BCUT2D eigenvalue weighted by atomic mass is 35.5. The first-order valence-electron chi connectivity index (χ1n) is 6.20. The summed E-state index contributed by atoms with van der Waals surface area (Å²) in [5, 5.41) is 9.81. The molecule has 0 saturated carbocycles. The SMILES string of the molecule is COCCOCCCC(C(=O)O)c1cccc(Cl)c1. The van der Waals surface area contributed by atoms with E-state index >= 15 is 0 Å². The molecule has 0 bridgehead atoms. The second kappa shape index (κ2) is 8.91. The van der Waals surface area contributed by atoms with E-state index in [1.165, 1.54) is 0 Å². The molecule has 1 atom stereocenters. The summed E-state index contributed by atoms with van der Waals surface area (Å²) in [6.45, 7) is 1.62. The molecule has 1 rings (SSSR count). The summed E-state index contributed by atoms with van der Waals surface area (Å²) >= 11 is 5.88. The van der Waals surface area contributed by atoms with Gasteiger partial charge in [0.15, 0.2) is 0 Å². The summed E-state index contributed by atoms with van der Waals surface area (Å²) in [6, 6.07) is 6.99. The highest BCUT2D eigenvalue weighted by Gasteiger charge is 2.19. The van der Waals surface area contributed by atoms with Gasteiger partial charge in [-0.1, -0.05) is 23.7 Å². The van der Waals surface area contributed by atoms with E-state index in [0.29, 0.717) is 37.7 Å². The van der Waals surface area contributed by atoms with E-state index in [-0.39, 0.29) is 0 Å². The van der Waals surface area contributed by atoms with Gasteiger partial charge in [0.1, 0.15) is 0 Å². The van der Waals surface area contributed by atoms with Crippen molar-refractivity contribution in [1.29, 1.82) is 0 Å². The lowest BCUT2D eigenvalue weighted by Gasteiger charge is -2.13. The monoisotopic (exact) mass is 286 g/mol. The molecule has 1 aromatic carbocycles. The van der Waals surface area contributed by atoms with Crippen molar-refractivity contribution >= 4 is 17.6 Å². The fourth-order valence-electron chi connectivity index (χ4n) is 1.79. The molecule has 5 heteroatoms. The number of hydrogen-bond donors (Lipinski definition) is 1. The van der Waals surface area contributed by atoms with Crippen LogP contribution in [0.3, 0.4) is 0 Å². The predicted molar refractivity (Wildman–Crippen MR) is 73.8 cm³/mol. The normalized spacial score (nSPS) is 12.3. The van der Waals surface area contributed by atoms with E-state index in [1.54, 1.807) is 31.4 Å². The number of methoxy groups -OCH3 is 1. The number of carboxylic acid groups (broad SMARTS) is 1. The van der Waals surface area contributed by atoms with Crippen molar-refractivity contribution in [1.82, 2.24) is 0 Å². The summed E-state index contributed by atoms with van der Waals surface area (Å²) in [4.78, 5) is 11.3. The molecular formula is C14H19ClO4. The molecule has 0 heterocycles. The van der Waals surface area contributed by atoms with Crippen LogP contribution in [0, 0.1) is 0 Å². The Kier molecular flexibility index (Phi) is 7.48. The van der Waals surface area contributed by atoms with Gasteiger partial charge < -0.3 is 14.6 Å². The van der Waals surface area contributed by atoms with Crippen LogP contribution in [0.4, 0.5) is 0 Å². The zero-order valence-corrected chi connectivity index (χ0v) is 11.7. The lowest BCUT2D eigenvalue weighted by atomic mass is 9.94. The molecule has 0 aromatic heterocycles. The van der Waals surface area contributed by atoms with Crippen LogP contribution in [-0.2, 0) is 14.3 Å². The van der Waals surface area contributed by atoms with Crippen molar-refractivity contribution in [3.05, 3.63) is 34.9 Å². The van der Waals surface area contributed by atoms with Crippen molar-refractivity contribution in [2.75, 3.05) is 26.9 Å². The second-order valence-corrected chi connectivity index (χ2v) is 4.63. The number of rotatable bonds is 9. The highest BCUT2D eigenvalue weighted by Crippen LogP contribution is 2.24. The van der Waals surface area contributed by atoms with Crippen molar-refractivity contribution in [3.63, 3.8) is 0 Å². The standard InChI is InChI=1S/C14H19ClO4/c1-18-8-9-19-7-3-6-13(14(16)17)11-4-2-5-12(15)10-11/h2,4-5,10,13H,3,6-9H2,1H3,(H,16,17). The van der Waals surface area contributed by atoms with E-state index in [9.17, 15) is 9.90 Å². The number of benzene rings is 1. The molecular weight excluding hydrogens is 268 g/mol. The molecule has 0 radical (unpaired) electrons. The van der Waals surface area contributed by atoms with Crippen LogP contribution in [0.15, 0.2) is 24.3 Å². The summed E-state index contributed by atoms with van der Waals surface area (Å²) in [7, 11) is 1.61. The number of carbonyl (C=O) groups is 1. The number of carboxylic acids is 1. The number of ether oxygens (including phenoxy) is 2. The van der Waals surface area contributed by atoms with Gasteiger partial charge in [0.25, 0.3) is 0 Å². The molecule has 4 nitrogen and oxygen atoms in total. The maximum absolute atomic E-state index is 11.3. The molecule has 1 aromatic rings. The van der Waals surface area contributed by atoms with Crippen molar-refractivity contribution < 1.29 is 19.4 Å². The lowest BCUT2D eigenvalue weighted by molar-refractivity contribution is -0.139. The summed E-state index contributed by atoms with van der Waals surface area (Å²) < 4.78 is 10.2. The van der Waals surface area contributed by atoms with Gasteiger partial charge in [0, 0.05) is 18.7 Å². The third-order valence-corrected chi connectivity index (χ3v) is 3.00. The Hall–Kier alpha value is -1.10. The Morgan fingerprint density at radius 2 is 2.16 bits per heavy atom. The molecule has 0 aliphatic heterocycles. The van der Waals surface area contributed by atoms with E-state index in [4.69, 9.17) is 21.1 Å².